The van der Waals surface area contributed by atoms with E-state index in [1.807, 2.05) is 4.90 Å². The number of carbonyl (C=O) groups is 2. The molecule has 0 unspecified atom stereocenters. The van der Waals surface area contributed by atoms with Crippen LogP contribution in [0.15, 0.2) is 30.5 Å². The summed E-state index contributed by atoms with van der Waals surface area (Å²) >= 11 is 1.27. The molecule has 1 N–H and O–H groups in total. The lowest BCUT2D eigenvalue weighted by Crippen LogP contribution is -2.45. The first-order valence-electron chi connectivity index (χ1n) is 10.3. The van der Waals surface area contributed by atoms with Gasteiger partial charge in [-0.05, 0) is 31.2 Å². The summed E-state index contributed by atoms with van der Waals surface area (Å²) in [4.78, 5) is 33.0. The average molecular weight is 479 g/mol. The molecule has 1 aliphatic heterocycles. The van der Waals surface area contributed by atoms with Crippen LogP contribution in [0.4, 0.5) is 18.3 Å². The maximum atomic E-state index is 13.1. The molecule has 2 aromatic heterocycles. The number of fused-ring (bicyclic) bond motifs is 1. The summed E-state index contributed by atoms with van der Waals surface area (Å²) in [6, 6.07) is 5.13. The van der Waals surface area contributed by atoms with Crippen LogP contribution >= 0.6 is 11.3 Å². The molecule has 1 aromatic carbocycles. The summed E-state index contributed by atoms with van der Waals surface area (Å²) in [5, 5.41) is 11.0. The number of nitrogens with zero attached hydrogens (tertiary/aromatic N) is 5. The molecule has 8 nitrogen and oxygen atoms in total. The maximum Gasteiger partial charge on any atom is 0.416 e. The smallest absolute Gasteiger partial charge is 0.354 e. The maximum absolute atomic E-state index is 13.1. The van der Waals surface area contributed by atoms with Crippen molar-refractivity contribution in [1.82, 2.24) is 25.4 Å². The lowest BCUT2D eigenvalue weighted by molar-refractivity contribution is -0.137. The number of thiazole rings is 1. The van der Waals surface area contributed by atoms with E-state index in [9.17, 15) is 22.8 Å². The van der Waals surface area contributed by atoms with Crippen molar-refractivity contribution in [3.8, 4) is 0 Å². The number of alkyl halides is 3. The number of amides is 2. The van der Waals surface area contributed by atoms with Gasteiger partial charge in [-0.2, -0.15) is 23.4 Å². The van der Waals surface area contributed by atoms with Crippen LogP contribution < -0.4 is 10.2 Å². The Bertz CT molecular complexity index is 1180. The van der Waals surface area contributed by atoms with Gasteiger partial charge < -0.3 is 15.1 Å². The first-order valence-corrected chi connectivity index (χ1v) is 11.1. The molecule has 0 aliphatic carbocycles. The Kier molecular flexibility index (Phi) is 6.45. The van der Waals surface area contributed by atoms with Gasteiger partial charge in [0.25, 0.3) is 5.91 Å². The lowest BCUT2D eigenvalue weighted by Gasteiger charge is -2.29. The minimum absolute atomic E-state index is 0.171. The summed E-state index contributed by atoms with van der Waals surface area (Å²) in [5.74, 6) is -0.446. The van der Waals surface area contributed by atoms with Crippen LogP contribution in [0.3, 0.4) is 0 Å². The number of hydrogen-bond acceptors (Lipinski definition) is 7. The van der Waals surface area contributed by atoms with Gasteiger partial charge in [-0.3, -0.25) is 9.59 Å². The van der Waals surface area contributed by atoms with E-state index in [1.54, 1.807) is 17.9 Å². The van der Waals surface area contributed by atoms with Crippen LogP contribution in [0.25, 0.3) is 10.2 Å². The Hall–Kier alpha value is -3.28. The molecule has 2 amide bonds. The van der Waals surface area contributed by atoms with Crippen LogP contribution in [-0.4, -0.2) is 64.6 Å². The number of anilines is 1. The Balaban J connectivity index is 1.58. The molecule has 0 saturated carbocycles. The van der Waals surface area contributed by atoms with Gasteiger partial charge in [0.05, 0.1) is 33.2 Å². The van der Waals surface area contributed by atoms with Crippen molar-refractivity contribution in [2.45, 2.75) is 19.5 Å². The molecular weight excluding hydrogens is 457 g/mol. The van der Waals surface area contributed by atoms with Crippen molar-refractivity contribution in [3.63, 3.8) is 0 Å². The molecule has 3 aromatic rings. The third kappa shape index (κ3) is 5.38. The van der Waals surface area contributed by atoms with Crippen molar-refractivity contribution in [3.05, 3.63) is 47.3 Å². The molecular formula is C21H21F3N6O2S. The van der Waals surface area contributed by atoms with Crippen LogP contribution in [0.1, 0.15) is 28.0 Å². The second kappa shape index (κ2) is 9.30. The first kappa shape index (κ1) is 22.9. The standard InChI is InChI=1S/C21H21F3N6O2S/c1-13-10-14(12-26-28-13)19(32)29-6-4-18(31)25-5-7-30(9-8-29)20-27-16-11-15(21(22,23)24)2-3-17(16)33-20/h2-3,10-12H,4-9H2,1H3,(H,25,31). The zero-order valence-corrected chi connectivity index (χ0v) is 18.5. The SMILES string of the molecule is Cc1cc(C(=O)N2CCC(=O)NCCN(c3nc4cc(C(F)(F)F)ccc4s3)CC2)cnn1. The summed E-state index contributed by atoms with van der Waals surface area (Å²) in [6.07, 6.45) is -2.89. The number of hydrogen-bond donors (Lipinski definition) is 1. The predicted octanol–water partition coefficient (Wildman–Crippen LogP) is 2.88. The van der Waals surface area contributed by atoms with Gasteiger partial charge in [0.1, 0.15) is 0 Å². The third-order valence-corrected chi connectivity index (χ3v) is 6.33. The highest BCUT2D eigenvalue weighted by atomic mass is 32.1. The first-order chi connectivity index (χ1) is 15.7. The molecule has 1 saturated heterocycles. The molecule has 4 rings (SSSR count). The van der Waals surface area contributed by atoms with Gasteiger partial charge in [-0.1, -0.05) is 11.3 Å². The monoisotopic (exact) mass is 478 g/mol. The van der Waals surface area contributed by atoms with E-state index in [1.165, 1.54) is 23.6 Å². The van der Waals surface area contributed by atoms with Gasteiger partial charge in [-0.25, -0.2) is 4.98 Å². The number of rotatable bonds is 2. The second-order valence-electron chi connectivity index (χ2n) is 7.64. The Morgan fingerprint density at radius 2 is 1.97 bits per heavy atom. The van der Waals surface area contributed by atoms with Gasteiger partial charge in [0.15, 0.2) is 5.13 Å². The van der Waals surface area contributed by atoms with Crippen molar-refractivity contribution in [2.75, 3.05) is 37.6 Å². The predicted molar refractivity (Wildman–Crippen MR) is 117 cm³/mol. The van der Waals surface area contributed by atoms with Crippen LogP contribution in [0.5, 0.6) is 0 Å². The second-order valence-corrected chi connectivity index (χ2v) is 8.65. The van der Waals surface area contributed by atoms with Crippen molar-refractivity contribution >= 4 is 38.5 Å². The van der Waals surface area contributed by atoms with Crippen molar-refractivity contribution in [1.29, 1.82) is 0 Å². The van der Waals surface area contributed by atoms with Gasteiger partial charge >= 0.3 is 6.18 Å². The number of benzene rings is 1. The van der Waals surface area contributed by atoms with E-state index in [-0.39, 0.29) is 30.3 Å². The highest BCUT2D eigenvalue weighted by Gasteiger charge is 2.31. The van der Waals surface area contributed by atoms with Crippen LogP contribution in [-0.2, 0) is 11.0 Å². The molecule has 0 radical (unpaired) electrons. The fraction of sp³-hybridized carbons (Fsp3) is 0.381. The highest BCUT2D eigenvalue weighted by Crippen LogP contribution is 2.35. The number of nitrogens with one attached hydrogen (secondary N) is 1. The van der Waals surface area contributed by atoms with Crippen LogP contribution in [0, 0.1) is 6.92 Å². The van der Waals surface area contributed by atoms with E-state index >= 15 is 0 Å². The fourth-order valence-electron chi connectivity index (χ4n) is 3.51. The van der Waals surface area contributed by atoms with Crippen LogP contribution in [0.2, 0.25) is 0 Å². The molecule has 0 spiro atoms. The molecule has 12 heteroatoms. The van der Waals surface area contributed by atoms with Gasteiger partial charge in [0, 0.05) is 39.1 Å². The topological polar surface area (TPSA) is 91.3 Å². The lowest BCUT2D eigenvalue weighted by atomic mass is 10.2. The van der Waals surface area contributed by atoms with E-state index < -0.39 is 11.7 Å². The molecule has 1 aliphatic rings. The fourth-order valence-corrected chi connectivity index (χ4v) is 4.51. The third-order valence-electron chi connectivity index (χ3n) is 5.24. The molecule has 3 heterocycles. The summed E-state index contributed by atoms with van der Waals surface area (Å²) in [6.45, 7) is 3.47. The number of aryl methyl sites for hydroxylation is 1. The normalized spacial score (nSPS) is 16.1. The molecule has 33 heavy (non-hydrogen) atoms. The largest absolute Gasteiger partial charge is 0.416 e. The number of aromatic nitrogens is 3. The van der Waals surface area contributed by atoms with Crippen molar-refractivity contribution < 1.29 is 22.8 Å². The Morgan fingerprint density at radius 3 is 2.73 bits per heavy atom. The summed E-state index contributed by atoms with van der Waals surface area (Å²) in [7, 11) is 0. The minimum atomic E-state index is -4.44. The highest BCUT2D eigenvalue weighted by molar-refractivity contribution is 7.22. The average Bonchev–Trinajstić information content (AvgIpc) is 3.20. The number of halogens is 3. The zero-order chi connectivity index (χ0) is 23.6. The Morgan fingerprint density at radius 1 is 1.15 bits per heavy atom. The molecule has 1 fully saturated rings. The van der Waals surface area contributed by atoms with Gasteiger partial charge in [-0.15, -0.1) is 0 Å². The molecule has 174 valence electrons. The van der Waals surface area contributed by atoms with E-state index in [0.29, 0.717) is 47.3 Å². The number of carbonyl (C=O) groups excluding carboxylic acids is 2. The minimum Gasteiger partial charge on any atom is -0.354 e. The van der Waals surface area contributed by atoms with E-state index in [4.69, 9.17) is 0 Å². The van der Waals surface area contributed by atoms with E-state index in [0.717, 1.165) is 12.1 Å². The summed E-state index contributed by atoms with van der Waals surface area (Å²) < 4.78 is 39.8. The summed E-state index contributed by atoms with van der Waals surface area (Å²) in [5.41, 5.74) is 0.496. The quantitative estimate of drug-likeness (QED) is 0.609. The van der Waals surface area contributed by atoms with Gasteiger partial charge in [0.2, 0.25) is 5.91 Å². The van der Waals surface area contributed by atoms with Crippen molar-refractivity contribution in [2.24, 2.45) is 0 Å². The van der Waals surface area contributed by atoms with E-state index in [2.05, 4.69) is 20.5 Å². The molecule has 0 bridgehead atoms. The Labute approximate surface area is 191 Å². The zero-order valence-electron chi connectivity index (χ0n) is 17.7. The molecule has 0 atom stereocenters.